The fourth-order valence-electron chi connectivity index (χ4n) is 6.07. The van der Waals surface area contributed by atoms with E-state index in [0.29, 0.717) is 12.3 Å². The Morgan fingerprint density at radius 2 is 1.46 bits per heavy atom. The molecule has 0 unspecified atom stereocenters. The molecule has 1 amide bonds. The molecule has 41 heavy (non-hydrogen) atoms. The number of fused-ring (bicyclic) bond motifs is 2. The number of rotatable bonds is 10. The van der Waals surface area contributed by atoms with Gasteiger partial charge in [0, 0.05) is 32.2 Å². The summed E-state index contributed by atoms with van der Waals surface area (Å²) < 4.78 is 12.4. The quantitative estimate of drug-likeness (QED) is 0.309. The average Bonchev–Trinajstić information content (AvgIpc) is 3.39. The van der Waals surface area contributed by atoms with E-state index in [1.54, 1.807) is 0 Å². The Kier molecular flexibility index (Phi) is 7.87. The van der Waals surface area contributed by atoms with Crippen LogP contribution in [0.2, 0.25) is 0 Å². The lowest BCUT2D eigenvalue weighted by molar-refractivity contribution is -0.144. The van der Waals surface area contributed by atoms with Crippen molar-refractivity contribution in [2.45, 2.75) is 90.4 Å². The molecule has 3 aromatic carbocycles. The van der Waals surface area contributed by atoms with E-state index in [1.807, 2.05) is 44.2 Å². The summed E-state index contributed by atoms with van der Waals surface area (Å²) in [4.78, 5) is 26.2. The number of carboxylic acid groups (broad SMARTS) is 1. The highest BCUT2D eigenvalue weighted by Gasteiger charge is 2.35. The van der Waals surface area contributed by atoms with Crippen molar-refractivity contribution in [3.63, 3.8) is 0 Å². The molecule has 0 saturated carbocycles. The van der Waals surface area contributed by atoms with Crippen LogP contribution >= 0.6 is 0 Å². The molecule has 2 heterocycles. The molecule has 2 aliphatic rings. The lowest BCUT2D eigenvalue weighted by Gasteiger charge is -2.24. The molecule has 6 nitrogen and oxygen atoms in total. The fourth-order valence-corrected chi connectivity index (χ4v) is 6.07. The number of ether oxygens (including phenoxy) is 2. The summed E-state index contributed by atoms with van der Waals surface area (Å²) in [6.45, 7) is 10.6. The van der Waals surface area contributed by atoms with Gasteiger partial charge in [0.1, 0.15) is 29.2 Å². The van der Waals surface area contributed by atoms with Crippen LogP contribution in [0.1, 0.15) is 80.3 Å². The summed E-state index contributed by atoms with van der Waals surface area (Å²) in [5.41, 5.74) is 6.23. The zero-order chi connectivity index (χ0) is 29.4. The minimum Gasteiger partial charge on any atom is -0.487 e. The monoisotopic (exact) mass is 555 g/mol. The lowest BCUT2D eigenvalue weighted by Crippen LogP contribution is -2.35. The largest absolute Gasteiger partial charge is 0.487 e. The van der Waals surface area contributed by atoms with Gasteiger partial charge in [0.2, 0.25) is 5.91 Å². The Balaban J connectivity index is 1.20. The van der Waals surface area contributed by atoms with Crippen LogP contribution in [-0.2, 0) is 41.8 Å². The predicted octanol–water partition coefficient (Wildman–Crippen LogP) is 6.51. The summed E-state index contributed by atoms with van der Waals surface area (Å²) in [7, 11) is 0. The second-order valence-corrected chi connectivity index (χ2v) is 12.9. The van der Waals surface area contributed by atoms with Gasteiger partial charge >= 0.3 is 5.97 Å². The van der Waals surface area contributed by atoms with Gasteiger partial charge in [0.15, 0.2) is 0 Å². The van der Waals surface area contributed by atoms with Crippen LogP contribution in [0, 0.1) is 0 Å². The first-order valence-corrected chi connectivity index (χ1v) is 14.6. The molecular weight excluding hydrogens is 514 g/mol. The number of aryl methyl sites for hydroxylation is 1. The molecule has 3 aromatic rings. The predicted molar refractivity (Wildman–Crippen MR) is 160 cm³/mol. The van der Waals surface area contributed by atoms with Crippen LogP contribution in [0.4, 0.5) is 0 Å². The Morgan fingerprint density at radius 1 is 0.854 bits per heavy atom. The number of hydrogen-bond acceptors (Lipinski definition) is 4. The van der Waals surface area contributed by atoms with Gasteiger partial charge in [-0.1, -0.05) is 62.4 Å². The molecule has 0 fully saturated rings. The maximum Gasteiger partial charge on any atom is 0.323 e. The van der Waals surface area contributed by atoms with Crippen molar-refractivity contribution in [2.24, 2.45) is 0 Å². The molecular formula is C35H41NO5. The SMILES string of the molecule is CC(C)c1ccc(C[C@@]2(C)Cc3cc(CCC(=O)N(CC(=O)O)Cc4ccc5c(c4)CC(C)(C)O5)ccc3O2)cc1. The van der Waals surface area contributed by atoms with Crippen LogP contribution in [0.5, 0.6) is 11.5 Å². The Labute approximate surface area is 243 Å². The number of aliphatic carboxylic acids is 1. The molecule has 0 saturated heterocycles. The van der Waals surface area contributed by atoms with E-state index in [2.05, 4.69) is 51.1 Å². The third-order valence-electron chi connectivity index (χ3n) is 8.08. The number of carbonyl (C=O) groups excluding carboxylic acids is 1. The first kappa shape index (κ1) is 28.7. The minimum atomic E-state index is -1.02. The van der Waals surface area contributed by atoms with E-state index in [9.17, 15) is 14.7 Å². The van der Waals surface area contributed by atoms with Crippen molar-refractivity contribution in [3.8, 4) is 11.5 Å². The molecule has 0 bridgehead atoms. The van der Waals surface area contributed by atoms with E-state index in [4.69, 9.17) is 9.47 Å². The molecule has 2 aliphatic heterocycles. The smallest absolute Gasteiger partial charge is 0.323 e. The van der Waals surface area contributed by atoms with Gasteiger partial charge < -0.3 is 19.5 Å². The molecule has 216 valence electrons. The van der Waals surface area contributed by atoms with Gasteiger partial charge in [-0.25, -0.2) is 0 Å². The van der Waals surface area contributed by atoms with E-state index in [-0.39, 0.29) is 36.6 Å². The van der Waals surface area contributed by atoms with Crippen LogP contribution in [-0.4, -0.2) is 39.6 Å². The molecule has 1 atom stereocenters. The number of benzene rings is 3. The number of carboxylic acids is 1. The van der Waals surface area contributed by atoms with Crippen molar-refractivity contribution < 1.29 is 24.2 Å². The second-order valence-electron chi connectivity index (χ2n) is 12.9. The molecule has 0 aliphatic carbocycles. The van der Waals surface area contributed by atoms with Crippen molar-refractivity contribution in [2.75, 3.05) is 6.54 Å². The Bertz CT molecular complexity index is 1440. The van der Waals surface area contributed by atoms with Crippen molar-refractivity contribution in [1.82, 2.24) is 4.90 Å². The number of hydrogen-bond donors (Lipinski definition) is 1. The van der Waals surface area contributed by atoms with Crippen molar-refractivity contribution >= 4 is 11.9 Å². The standard InChI is InChI=1S/C35H41NO5/c1-23(2)27-11-6-25(7-12-27)18-35(5)20-29-16-24(8-13-31(29)41-35)10-15-32(37)36(22-33(38)39)21-26-9-14-30-28(17-26)19-34(3,4)40-30/h6-9,11-14,16-17,23H,10,15,18-22H2,1-5H3,(H,38,39)/t35-/m0/s1. The van der Waals surface area contributed by atoms with Crippen LogP contribution < -0.4 is 9.47 Å². The molecule has 1 N–H and O–H groups in total. The van der Waals surface area contributed by atoms with E-state index >= 15 is 0 Å². The summed E-state index contributed by atoms with van der Waals surface area (Å²) in [5, 5.41) is 9.49. The molecule has 5 rings (SSSR count). The highest BCUT2D eigenvalue weighted by Crippen LogP contribution is 2.38. The van der Waals surface area contributed by atoms with Gasteiger partial charge in [-0.2, -0.15) is 0 Å². The van der Waals surface area contributed by atoms with E-state index < -0.39 is 5.97 Å². The molecule has 6 heteroatoms. The lowest BCUT2D eigenvalue weighted by atomic mass is 9.90. The highest BCUT2D eigenvalue weighted by molar-refractivity contribution is 5.81. The molecule has 0 spiro atoms. The Morgan fingerprint density at radius 3 is 2.15 bits per heavy atom. The van der Waals surface area contributed by atoms with Crippen molar-refractivity contribution in [1.29, 1.82) is 0 Å². The third-order valence-corrected chi connectivity index (χ3v) is 8.08. The van der Waals surface area contributed by atoms with Crippen molar-refractivity contribution in [3.05, 3.63) is 94.0 Å². The van der Waals surface area contributed by atoms with E-state index in [0.717, 1.165) is 53.0 Å². The number of carbonyl (C=O) groups is 2. The minimum absolute atomic E-state index is 0.170. The van der Waals surface area contributed by atoms with E-state index in [1.165, 1.54) is 16.0 Å². The number of amides is 1. The highest BCUT2D eigenvalue weighted by atomic mass is 16.5. The van der Waals surface area contributed by atoms with Crippen LogP contribution in [0.3, 0.4) is 0 Å². The molecule has 0 aromatic heterocycles. The van der Waals surface area contributed by atoms with Gasteiger partial charge in [-0.05, 0) is 78.6 Å². The van der Waals surface area contributed by atoms with Gasteiger partial charge in [-0.3, -0.25) is 9.59 Å². The first-order chi connectivity index (χ1) is 19.4. The third kappa shape index (κ3) is 6.92. The summed E-state index contributed by atoms with van der Waals surface area (Å²) in [5.74, 6) is 1.08. The topological polar surface area (TPSA) is 76.1 Å². The molecule has 0 radical (unpaired) electrons. The fraction of sp³-hybridized carbons (Fsp3) is 0.429. The van der Waals surface area contributed by atoms with Gasteiger partial charge in [-0.15, -0.1) is 0 Å². The first-order valence-electron chi connectivity index (χ1n) is 14.6. The van der Waals surface area contributed by atoms with Crippen LogP contribution in [0.25, 0.3) is 0 Å². The maximum atomic E-state index is 13.2. The normalized spacial score (nSPS) is 18.4. The average molecular weight is 556 g/mol. The van der Waals surface area contributed by atoms with Crippen LogP contribution in [0.15, 0.2) is 60.7 Å². The maximum absolute atomic E-state index is 13.2. The zero-order valence-electron chi connectivity index (χ0n) is 24.8. The van der Waals surface area contributed by atoms with Gasteiger partial charge in [0.05, 0.1) is 0 Å². The van der Waals surface area contributed by atoms with Gasteiger partial charge in [0.25, 0.3) is 0 Å². The summed E-state index contributed by atoms with van der Waals surface area (Å²) in [6, 6.07) is 20.8. The number of nitrogens with zero attached hydrogens (tertiary/aromatic N) is 1. The summed E-state index contributed by atoms with van der Waals surface area (Å²) >= 11 is 0. The zero-order valence-corrected chi connectivity index (χ0v) is 24.8. The Hall–Kier alpha value is -3.80. The second kappa shape index (κ2) is 11.2. The summed E-state index contributed by atoms with van der Waals surface area (Å²) in [6.07, 6.45) is 3.20.